The number of nitrogens with two attached hydrogens (primary N) is 1. The van der Waals surface area contributed by atoms with E-state index in [1.54, 1.807) is 0 Å². The van der Waals surface area contributed by atoms with Gasteiger partial charge in [-0.15, -0.1) is 11.3 Å². The predicted molar refractivity (Wildman–Crippen MR) is 95.1 cm³/mol. The molecule has 1 aliphatic rings. The Bertz CT molecular complexity index is 915. The fourth-order valence-corrected chi connectivity index (χ4v) is 4.41. The number of rotatable bonds is 2. The van der Waals surface area contributed by atoms with E-state index < -0.39 is 0 Å². The van der Waals surface area contributed by atoms with Crippen LogP contribution in [0.15, 0.2) is 42.0 Å². The van der Waals surface area contributed by atoms with E-state index in [4.69, 9.17) is 5.73 Å². The molecule has 3 aromatic rings. The molecule has 0 fully saturated rings. The summed E-state index contributed by atoms with van der Waals surface area (Å²) in [5.74, 6) is 0. The average molecular weight is 304 g/mol. The molecule has 2 aromatic carbocycles. The van der Waals surface area contributed by atoms with Gasteiger partial charge in [-0.3, -0.25) is 0 Å². The maximum atomic E-state index is 5.99. The molecule has 0 bridgehead atoms. The van der Waals surface area contributed by atoms with Gasteiger partial charge in [-0.1, -0.05) is 29.8 Å². The van der Waals surface area contributed by atoms with Crippen LogP contribution in [0.1, 0.15) is 28.5 Å². The highest BCUT2D eigenvalue weighted by Gasteiger charge is 2.21. The molecule has 1 aromatic heterocycles. The zero-order valence-corrected chi connectivity index (χ0v) is 13.7. The molecule has 2 N–H and O–H groups in total. The highest BCUT2D eigenvalue weighted by molar-refractivity contribution is 7.19. The molecule has 0 aliphatic heterocycles. The van der Waals surface area contributed by atoms with Crippen LogP contribution in [0.5, 0.6) is 0 Å². The van der Waals surface area contributed by atoms with E-state index in [2.05, 4.69) is 56.3 Å². The minimum absolute atomic E-state index is 0.570. The molecule has 1 aliphatic carbocycles. The summed E-state index contributed by atoms with van der Waals surface area (Å²) in [6, 6.07) is 13.1. The third kappa shape index (κ3) is 2.03. The van der Waals surface area contributed by atoms with Crippen LogP contribution in [-0.2, 0) is 13.0 Å². The molecule has 0 unspecified atom stereocenters. The summed E-state index contributed by atoms with van der Waals surface area (Å²) in [7, 11) is 0. The van der Waals surface area contributed by atoms with Crippen molar-refractivity contribution in [2.24, 2.45) is 5.73 Å². The molecule has 2 heteroatoms. The largest absolute Gasteiger partial charge is 0.326 e. The van der Waals surface area contributed by atoms with Crippen LogP contribution in [-0.4, -0.2) is 0 Å². The highest BCUT2D eigenvalue weighted by Crippen LogP contribution is 2.42. The Labute approximate surface area is 135 Å². The molecule has 1 heterocycles. The lowest BCUT2D eigenvalue weighted by molar-refractivity contribution is 1.07. The Morgan fingerprint density at radius 3 is 2.82 bits per heavy atom. The van der Waals surface area contributed by atoms with Crippen molar-refractivity contribution in [1.29, 1.82) is 0 Å². The first-order chi connectivity index (χ1) is 10.7. The van der Waals surface area contributed by atoms with E-state index in [-0.39, 0.29) is 0 Å². The van der Waals surface area contributed by atoms with E-state index >= 15 is 0 Å². The maximum absolute atomic E-state index is 5.99. The molecule has 109 valence electrons. The van der Waals surface area contributed by atoms with Gasteiger partial charge in [-0.2, -0.15) is 0 Å². The Hall–Kier alpha value is -1.90. The summed E-state index contributed by atoms with van der Waals surface area (Å²) in [5.41, 5.74) is 13.8. The zero-order valence-electron chi connectivity index (χ0n) is 12.9. The standard InChI is InChI=1S/C20H18NS/c1-12-7-15-10-19-18(9-13(2)22-19)20(17(15)8-12)16-6-4-3-5-14(16)11-21/h3-6,9-10H,8,11,21H2,1-2H3. The smallest absolute Gasteiger partial charge is 0.0358 e. The Morgan fingerprint density at radius 2 is 2.00 bits per heavy atom. The van der Waals surface area contributed by atoms with Crippen molar-refractivity contribution in [3.8, 4) is 11.1 Å². The average Bonchev–Trinajstić information content (AvgIpc) is 3.05. The molecule has 0 saturated heterocycles. The number of thiophene rings is 1. The van der Waals surface area contributed by atoms with E-state index in [1.165, 1.54) is 48.4 Å². The van der Waals surface area contributed by atoms with Gasteiger partial charge in [-0.05, 0) is 66.3 Å². The second kappa shape index (κ2) is 5.08. The second-order valence-electron chi connectivity index (χ2n) is 5.99. The van der Waals surface area contributed by atoms with Crippen molar-refractivity contribution in [1.82, 2.24) is 0 Å². The maximum Gasteiger partial charge on any atom is 0.0358 e. The van der Waals surface area contributed by atoms with Crippen LogP contribution < -0.4 is 5.73 Å². The van der Waals surface area contributed by atoms with Crippen molar-refractivity contribution < 1.29 is 0 Å². The molecule has 0 spiro atoms. The van der Waals surface area contributed by atoms with E-state index in [9.17, 15) is 0 Å². The molecule has 0 amide bonds. The third-order valence-corrected chi connectivity index (χ3v) is 5.35. The first-order valence-electron chi connectivity index (χ1n) is 7.61. The number of allylic oxidation sites excluding steroid dienone is 1. The summed E-state index contributed by atoms with van der Waals surface area (Å²) in [4.78, 5) is 1.35. The summed E-state index contributed by atoms with van der Waals surface area (Å²) in [6.45, 7) is 4.91. The summed E-state index contributed by atoms with van der Waals surface area (Å²) in [5, 5.41) is 1.36. The SMILES string of the molecule is CC1=[C]c2cc3sc(C)cc3c(-c3ccccc3CN)c2C1. The monoisotopic (exact) mass is 304 g/mol. The Morgan fingerprint density at radius 1 is 1.18 bits per heavy atom. The van der Waals surface area contributed by atoms with Crippen LogP contribution in [0, 0.1) is 13.0 Å². The third-order valence-electron chi connectivity index (χ3n) is 4.35. The zero-order chi connectivity index (χ0) is 15.3. The van der Waals surface area contributed by atoms with Gasteiger partial charge in [0.15, 0.2) is 0 Å². The Balaban J connectivity index is 2.11. The van der Waals surface area contributed by atoms with Crippen LogP contribution in [0.4, 0.5) is 0 Å². The molecular weight excluding hydrogens is 286 g/mol. The van der Waals surface area contributed by atoms with Gasteiger partial charge in [-0.25, -0.2) is 0 Å². The number of hydrogen-bond acceptors (Lipinski definition) is 2. The number of aryl methyl sites for hydroxylation is 1. The number of fused-ring (bicyclic) bond motifs is 2. The minimum Gasteiger partial charge on any atom is -0.326 e. The number of hydrogen-bond donors (Lipinski definition) is 1. The van der Waals surface area contributed by atoms with Crippen molar-refractivity contribution in [2.75, 3.05) is 0 Å². The second-order valence-corrected chi connectivity index (χ2v) is 7.28. The topological polar surface area (TPSA) is 26.0 Å². The fraction of sp³-hybridized carbons (Fsp3) is 0.200. The van der Waals surface area contributed by atoms with Crippen molar-refractivity contribution >= 4 is 21.4 Å². The molecule has 4 rings (SSSR count). The minimum atomic E-state index is 0.570. The van der Waals surface area contributed by atoms with Crippen molar-refractivity contribution in [3.63, 3.8) is 0 Å². The predicted octanol–water partition coefficient (Wildman–Crippen LogP) is 4.99. The molecule has 0 atom stereocenters. The molecule has 1 nitrogen and oxygen atoms in total. The fourth-order valence-electron chi connectivity index (χ4n) is 3.43. The number of benzene rings is 2. The summed E-state index contributed by atoms with van der Waals surface area (Å²) < 4.78 is 1.35. The van der Waals surface area contributed by atoms with Crippen molar-refractivity contribution in [2.45, 2.75) is 26.8 Å². The molecule has 0 saturated carbocycles. The van der Waals surface area contributed by atoms with E-state index in [1.807, 2.05) is 11.3 Å². The lowest BCUT2D eigenvalue weighted by Crippen LogP contribution is -2.00. The molecule has 22 heavy (non-hydrogen) atoms. The van der Waals surface area contributed by atoms with Gasteiger partial charge in [0.1, 0.15) is 0 Å². The van der Waals surface area contributed by atoms with Crippen LogP contribution in [0.3, 0.4) is 0 Å². The normalized spacial score (nSPS) is 13.5. The van der Waals surface area contributed by atoms with Gasteiger partial charge in [0.2, 0.25) is 0 Å². The van der Waals surface area contributed by atoms with Gasteiger partial charge in [0.05, 0.1) is 0 Å². The van der Waals surface area contributed by atoms with Gasteiger partial charge < -0.3 is 5.73 Å². The summed E-state index contributed by atoms with van der Waals surface area (Å²) >= 11 is 1.86. The van der Waals surface area contributed by atoms with Crippen LogP contribution >= 0.6 is 11.3 Å². The van der Waals surface area contributed by atoms with Crippen LogP contribution in [0.2, 0.25) is 0 Å². The molecule has 1 radical (unpaired) electrons. The lowest BCUT2D eigenvalue weighted by Gasteiger charge is -2.14. The van der Waals surface area contributed by atoms with Gasteiger partial charge in [0, 0.05) is 21.5 Å². The van der Waals surface area contributed by atoms with E-state index in [0.717, 1.165) is 6.42 Å². The Kier molecular flexibility index (Phi) is 3.17. The van der Waals surface area contributed by atoms with Gasteiger partial charge >= 0.3 is 0 Å². The highest BCUT2D eigenvalue weighted by atomic mass is 32.1. The first-order valence-corrected chi connectivity index (χ1v) is 8.43. The summed E-state index contributed by atoms with van der Waals surface area (Å²) in [6.07, 6.45) is 4.53. The quantitative estimate of drug-likeness (QED) is 0.709. The lowest BCUT2D eigenvalue weighted by atomic mass is 9.90. The van der Waals surface area contributed by atoms with Gasteiger partial charge in [0.25, 0.3) is 0 Å². The van der Waals surface area contributed by atoms with Crippen LogP contribution in [0.25, 0.3) is 21.2 Å². The molecular formula is C20H18NS. The van der Waals surface area contributed by atoms with E-state index in [0.29, 0.717) is 6.54 Å². The van der Waals surface area contributed by atoms with Crippen molar-refractivity contribution in [3.05, 3.63) is 69.6 Å². The first kappa shape index (κ1) is 13.7.